The van der Waals surface area contributed by atoms with Crippen molar-refractivity contribution < 1.29 is 14.7 Å². The van der Waals surface area contributed by atoms with Gasteiger partial charge in [0.1, 0.15) is 22.2 Å². The lowest BCUT2D eigenvalue weighted by Crippen LogP contribution is -2.41. The zero-order chi connectivity index (χ0) is 16.6. The normalized spacial score (nSPS) is 17.8. The number of likely N-dealkylation sites (tertiary alicyclic amines) is 1. The molecule has 0 bridgehead atoms. The standard InChI is InChI=1S/C15H17N3O3S2/c1-8-9(2)23-14-12(8)13(16-7-17-14)22-6-11(19)18-5-3-4-10(18)15(20)21/h7,10H,3-6H2,1-2H3,(H,20,21)/t10-/m0/s1. The van der Waals surface area contributed by atoms with E-state index in [-0.39, 0.29) is 11.7 Å². The van der Waals surface area contributed by atoms with Crippen LogP contribution >= 0.6 is 23.1 Å². The highest BCUT2D eigenvalue weighted by atomic mass is 32.2. The summed E-state index contributed by atoms with van der Waals surface area (Å²) >= 11 is 2.98. The average Bonchev–Trinajstić information content (AvgIpc) is 3.11. The van der Waals surface area contributed by atoms with Crippen LogP contribution in [0.1, 0.15) is 23.3 Å². The van der Waals surface area contributed by atoms with Gasteiger partial charge in [0.2, 0.25) is 5.91 Å². The van der Waals surface area contributed by atoms with E-state index < -0.39 is 12.0 Å². The molecule has 8 heteroatoms. The molecule has 23 heavy (non-hydrogen) atoms. The van der Waals surface area contributed by atoms with E-state index in [2.05, 4.69) is 9.97 Å². The van der Waals surface area contributed by atoms with E-state index >= 15 is 0 Å². The number of carboxylic acid groups (broad SMARTS) is 1. The van der Waals surface area contributed by atoms with E-state index in [0.717, 1.165) is 27.2 Å². The van der Waals surface area contributed by atoms with Gasteiger partial charge in [-0.1, -0.05) is 11.8 Å². The summed E-state index contributed by atoms with van der Waals surface area (Å²) in [5.41, 5.74) is 1.14. The third-order valence-corrected chi connectivity index (χ3v) is 6.21. The molecule has 2 aromatic rings. The van der Waals surface area contributed by atoms with Crippen LogP contribution in [0.25, 0.3) is 10.2 Å². The molecule has 3 heterocycles. The first-order valence-corrected chi connectivity index (χ1v) is 9.15. The van der Waals surface area contributed by atoms with E-state index in [0.29, 0.717) is 13.0 Å². The van der Waals surface area contributed by atoms with Crippen LogP contribution in [0.5, 0.6) is 0 Å². The number of thiophene rings is 1. The Labute approximate surface area is 141 Å². The van der Waals surface area contributed by atoms with Crippen LogP contribution in [-0.2, 0) is 9.59 Å². The Balaban J connectivity index is 1.76. The largest absolute Gasteiger partial charge is 0.480 e. The molecule has 0 radical (unpaired) electrons. The van der Waals surface area contributed by atoms with E-state index in [1.807, 2.05) is 13.8 Å². The number of aromatic nitrogens is 2. The molecule has 2 aromatic heterocycles. The summed E-state index contributed by atoms with van der Waals surface area (Å²) in [5.74, 6) is -0.865. The number of nitrogens with zero attached hydrogens (tertiary/aromatic N) is 3. The number of carbonyl (C=O) groups is 2. The molecule has 0 aliphatic carbocycles. The van der Waals surface area contributed by atoms with Crippen molar-refractivity contribution >= 4 is 45.2 Å². The molecular weight excluding hydrogens is 334 g/mol. The number of aliphatic carboxylic acids is 1. The highest BCUT2D eigenvalue weighted by Gasteiger charge is 2.33. The van der Waals surface area contributed by atoms with Gasteiger partial charge in [-0.3, -0.25) is 4.79 Å². The molecule has 0 aromatic carbocycles. The fourth-order valence-corrected chi connectivity index (χ4v) is 4.80. The zero-order valence-corrected chi connectivity index (χ0v) is 14.5. The molecule has 1 aliphatic rings. The van der Waals surface area contributed by atoms with Gasteiger partial charge in [-0.25, -0.2) is 14.8 Å². The van der Waals surface area contributed by atoms with Crippen molar-refractivity contribution in [2.45, 2.75) is 37.8 Å². The number of hydrogen-bond acceptors (Lipinski definition) is 6. The number of carboxylic acids is 1. The van der Waals surface area contributed by atoms with Gasteiger partial charge in [0, 0.05) is 16.8 Å². The molecular formula is C15H17N3O3S2. The van der Waals surface area contributed by atoms with Gasteiger partial charge >= 0.3 is 5.97 Å². The highest BCUT2D eigenvalue weighted by Crippen LogP contribution is 2.34. The first-order valence-electron chi connectivity index (χ1n) is 7.35. The van der Waals surface area contributed by atoms with Gasteiger partial charge in [0.15, 0.2) is 0 Å². The Kier molecular flexibility index (Phi) is 4.54. The van der Waals surface area contributed by atoms with Crippen molar-refractivity contribution in [1.82, 2.24) is 14.9 Å². The second-order valence-electron chi connectivity index (χ2n) is 5.51. The van der Waals surface area contributed by atoms with Crippen molar-refractivity contribution in [2.75, 3.05) is 12.3 Å². The lowest BCUT2D eigenvalue weighted by Gasteiger charge is -2.21. The van der Waals surface area contributed by atoms with Gasteiger partial charge in [-0.15, -0.1) is 11.3 Å². The maximum absolute atomic E-state index is 12.4. The number of amides is 1. The molecule has 1 saturated heterocycles. The van der Waals surface area contributed by atoms with Crippen molar-refractivity contribution in [3.8, 4) is 0 Å². The Morgan fingerprint density at radius 1 is 1.43 bits per heavy atom. The summed E-state index contributed by atoms with van der Waals surface area (Å²) in [4.78, 5) is 35.7. The van der Waals surface area contributed by atoms with E-state index in [1.54, 1.807) is 11.3 Å². The summed E-state index contributed by atoms with van der Waals surface area (Å²) in [7, 11) is 0. The first-order chi connectivity index (χ1) is 11.0. The Hall–Kier alpha value is -1.67. The number of thioether (sulfide) groups is 1. The third kappa shape index (κ3) is 3.05. The number of aryl methyl sites for hydroxylation is 2. The molecule has 3 rings (SSSR count). The fourth-order valence-electron chi connectivity index (χ4n) is 2.79. The second-order valence-corrected chi connectivity index (χ2v) is 7.68. The second kappa shape index (κ2) is 6.45. The van der Waals surface area contributed by atoms with E-state index in [1.165, 1.54) is 27.9 Å². The van der Waals surface area contributed by atoms with Gasteiger partial charge in [0.25, 0.3) is 0 Å². The first kappa shape index (κ1) is 16.2. The topological polar surface area (TPSA) is 83.4 Å². The minimum absolute atomic E-state index is 0.142. The average molecular weight is 351 g/mol. The van der Waals surface area contributed by atoms with Crippen LogP contribution in [0.15, 0.2) is 11.4 Å². The lowest BCUT2D eigenvalue weighted by molar-refractivity contribution is -0.147. The van der Waals surface area contributed by atoms with Gasteiger partial charge in [-0.2, -0.15) is 0 Å². The number of rotatable bonds is 4. The minimum Gasteiger partial charge on any atom is -0.480 e. The maximum atomic E-state index is 12.4. The van der Waals surface area contributed by atoms with Crippen molar-refractivity contribution in [3.63, 3.8) is 0 Å². The monoisotopic (exact) mass is 351 g/mol. The van der Waals surface area contributed by atoms with E-state index in [4.69, 9.17) is 0 Å². The fraction of sp³-hybridized carbons (Fsp3) is 0.467. The van der Waals surface area contributed by atoms with Gasteiger partial charge in [0.05, 0.1) is 5.75 Å². The van der Waals surface area contributed by atoms with E-state index in [9.17, 15) is 14.7 Å². The summed E-state index contributed by atoms with van der Waals surface area (Å²) in [6.07, 6.45) is 2.79. The molecule has 1 fully saturated rings. The van der Waals surface area contributed by atoms with Gasteiger partial charge < -0.3 is 10.0 Å². The summed E-state index contributed by atoms with van der Waals surface area (Å²) in [6.45, 7) is 4.60. The summed E-state index contributed by atoms with van der Waals surface area (Å²) < 4.78 is 0. The smallest absolute Gasteiger partial charge is 0.326 e. The summed E-state index contributed by atoms with van der Waals surface area (Å²) in [6, 6.07) is -0.682. The molecule has 0 saturated carbocycles. The molecule has 122 valence electrons. The van der Waals surface area contributed by atoms with Crippen molar-refractivity contribution in [3.05, 3.63) is 16.8 Å². The third-order valence-electron chi connectivity index (χ3n) is 4.12. The van der Waals surface area contributed by atoms with Crippen LogP contribution < -0.4 is 0 Å². The molecule has 0 spiro atoms. The quantitative estimate of drug-likeness (QED) is 0.673. The molecule has 1 atom stereocenters. The Bertz CT molecular complexity index is 775. The number of hydrogen-bond donors (Lipinski definition) is 1. The predicted octanol–water partition coefficient (Wildman–Crippen LogP) is 2.48. The molecule has 0 unspecified atom stereocenters. The lowest BCUT2D eigenvalue weighted by atomic mass is 10.2. The van der Waals surface area contributed by atoms with Crippen LogP contribution in [0.2, 0.25) is 0 Å². The zero-order valence-electron chi connectivity index (χ0n) is 12.9. The summed E-state index contributed by atoms with van der Waals surface area (Å²) in [5, 5.41) is 11.0. The van der Waals surface area contributed by atoms with Crippen molar-refractivity contribution in [1.29, 1.82) is 0 Å². The van der Waals surface area contributed by atoms with Crippen LogP contribution in [0, 0.1) is 13.8 Å². The van der Waals surface area contributed by atoms with Crippen LogP contribution in [0.4, 0.5) is 0 Å². The molecule has 6 nitrogen and oxygen atoms in total. The minimum atomic E-state index is -0.922. The highest BCUT2D eigenvalue weighted by molar-refractivity contribution is 8.00. The van der Waals surface area contributed by atoms with Crippen molar-refractivity contribution in [2.24, 2.45) is 0 Å². The predicted molar refractivity (Wildman–Crippen MR) is 90.0 cm³/mol. The van der Waals surface area contributed by atoms with Crippen LogP contribution in [-0.4, -0.2) is 50.2 Å². The van der Waals surface area contributed by atoms with Gasteiger partial charge in [-0.05, 0) is 32.3 Å². The van der Waals surface area contributed by atoms with Crippen LogP contribution in [0.3, 0.4) is 0 Å². The Morgan fingerprint density at radius 3 is 2.96 bits per heavy atom. The molecule has 1 amide bonds. The maximum Gasteiger partial charge on any atom is 0.326 e. The SMILES string of the molecule is Cc1sc2ncnc(SCC(=O)N3CCC[C@H]3C(=O)O)c2c1C. The molecule has 1 N–H and O–H groups in total. The number of fused-ring (bicyclic) bond motifs is 1. The molecule has 1 aliphatic heterocycles. The Morgan fingerprint density at radius 2 is 2.22 bits per heavy atom. The number of carbonyl (C=O) groups excluding carboxylic acids is 1.